The van der Waals surface area contributed by atoms with E-state index in [4.69, 9.17) is 4.74 Å². The topological polar surface area (TPSA) is 41.6 Å². The van der Waals surface area contributed by atoms with Crippen LogP contribution in [-0.4, -0.2) is 43.6 Å². The normalized spacial score (nSPS) is 14.8. The van der Waals surface area contributed by atoms with Gasteiger partial charge in [0, 0.05) is 30.6 Å². The highest BCUT2D eigenvalue weighted by Crippen LogP contribution is 2.28. The lowest BCUT2D eigenvalue weighted by molar-refractivity contribution is -0.121. The van der Waals surface area contributed by atoms with Crippen LogP contribution in [0.1, 0.15) is 41.9 Å². The van der Waals surface area contributed by atoms with E-state index in [2.05, 4.69) is 70.9 Å². The summed E-state index contributed by atoms with van der Waals surface area (Å²) in [5.41, 5.74) is 3.69. The van der Waals surface area contributed by atoms with E-state index in [1.165, 1.54) is 11.1 Å². The Kier molecular flexibility index (Phi) is 8.15. The number of hydrogen-bond donors (Lipinski definition) is 1. The number of piperidine rings is 1. The van der Waals surface area contributed by atoms with Crippen molar-refractivity contribution in [3.8, 4) is 5.75 Å². The first-order valence-electron chi connectivity index (χ1n) is 12.0. The monoisotopic (exact) mass is 442 g/mol. The zero-order valence-corrected chi connectivity index (χ0v) is 19.5. The van der Waals surface area contributed by atoms with Crippen LogP contribution in [0.25, 0.3) is 0 Å². The molecule has 0 aromatic heterocycles. The maximum Gasteiger partial charge on any atom is 0.224 e. The van der Waals surface area contributed by atoms with E-state index in [0.717, 1.165) is 50.2 Å². The Bertz CT molecular complexity index is 959. The molecule has 4 heteroatoms. The van der Waals surface area contributed by atoms with Crippen molar-refractivity contribution in [3.05, 3.63) is 102 Å². The minimum absolute atomic E-state index is 0.0752. The smallest absolute Gasteiger partial charge is 0.224 e. The van der Waals surface area contributed by atoms with Gasteiger partial charge in [-0.1, -0.05) is 78.9 Å². The summed E-state index contributed by atoms with van der Waals surface area (Å²) in [6.07, 6.45) is 3.46. The van der Waals surface area contributed by atoms with Crippen molar-refractivity contribution >= 4 is 5.91 Å². The SMILES string of the molecule is COc1ccccc1CC(=O)NC1CCN(CCC(c2ccccc2)c2ccccc2)CC1. The number of likely N-dealkylation sites (tertiary alicyclic amines) is 1. The lowest BCUT2D eigenvalue weighted by Crippen LogP contribution is -2.45. The van der Waals surface area contributed by atoms with Gasteiger partial charge in [-0.25, -0.2) is 0 Å². The Morgan fingerprint density at radius 3 is 2.09 bits per heavy atom. The molecule has 172 valence electrons. The molecule has 0 spiro atoms. The van der Waals surface area contributed by atoms with Crippen molar-refractivity contribution in [2.75, 3.05) is 26.7 Å². The third-order valence-electron chi connectivity index (χ3n) is 6.63. The quantitative estimate of drug-likeness (QED) is 0.505. The minimum atomic E-state index is 0.0752. The fourth-order valence-corrected chi connectivity index (χ4v) is 4.81. The third kappa shape index (κ3) is 6.45. The average Bonchev–Trinajstić information content (AvgIpc) is 2.87. The van der Waals surface area contributed by atoms with Gasteiger partial charge >= 0.3 is 0 Å². The van der Waals surface area contributed by atoms with Gasteiger partial charge < -0.3 is 15.0 Å². The summed E-state index contributed by atoms with van der Waals surface area (Å²) < 4.78 is 5.37. The van der Waals surface area contributed by atoms with Crippen LogP contribution in [0.3, 0.4) is 0 Å². The number of nitrogens with one attached hydrogen (secondary N) is 1. The van der Waals surface area contributed by atoms with E-state index in [1.54, 1.807) is 7.11 Å². The molecular formula is C29H34N2O2. The molecule has 1 heterocycles. The van der Waals surface area contributed by atoms with E-state index in [9.17, 15) is 4.79 Å². The highest BCUT2D eigenvalue weighted by molar-refractivity contribution is 5.79. The molecule has 4 rings (SSSR count). The van der Waals surface area contributed by atoms with E-state index in [-0.39, 0.29) is 11.9 Å². The number of ether oxygens (including phenoxy) is 1. The predicted molar refractivity (Wildman–Crippen MR) is 134 cm³/mol. The number of rotatable bonds is 9. The molecule has 1 saturated heterocycles. The van der Waals surface area contributed by atoms with E-state index in [1.807, 2.05) is 24.3 Å². The molecule has 1 aliphatic heterocycles. The fraction of sp³-hybridized carbons (Fsp3) is 0.345. The Labute approximate surface area is 197 Å². The van der Waals surface area contributed by atoms with Crippen LogP contribution in [0.5, 0.6) is 5.75 Å². The van der Waals surface area contributed by atoms with Gasteiger partial charge in [-0.05, 0) is 43.0 Å². The summed E-state index contributed by atoms with van der Waals surface area (Å²) in [4.78, 5) is 15.1. The zero-order chi connectivity index (χ0) is 22.9. The van der Waals surface area contributed by atoms with E-state index >= 15 is 0 Å². The first kappa shape index (κ1) is 23.1. The summed E-state index contributed by atoms with van der Waals surface area (Å²) in [5, 5.41) is 3.23. The van der Waals surface area contributed by atoms with Crippen LogP contribution in [-0.2, 0) is 11.2 Å². The molecule has 1 fully saturated rings. The Morgan fingerprint density at radius 1 is 0.909 bits per heavy atom. The largest absolute Gasteiger partial charge is 0.496 e. The molecule has 1 aliphatic rings. The van der Waals surface area contributed by atoms with Crippen molar-refractivity contribution in [2.24, 2.45) is 0 Å². The van der Waals surface area contributed by atoms with Crippen LogP contribution >= 0.6 is 0 Å². The standard InChI is InChI=1S/C29H34N2O2/c1-33-28-15-9-8-14-25(28)22-29(32)30-26-16-19-31(20-17-26)21-18-27(23-10-4-2-5-11-23)24-12-6-3-7-13-24/h2-15,26-27H,16-22H2,1H3,(H,30,32). The van der Waals surface area contributed by atoms with Gasteiger partial charge in [0.05, 0.1) is 13.5 Å². The van der Waals surface area contributed by atoms with Crippen LogP contribution in [0.15, 0.2) is 84.9 Å². The number of hydrogen-bond acceptors (Lipinski definition) is 3. The molecule has 0 bridgehead atoms. The van der Waals surface area contributed by atoms with Crippen molar-refractivity contribution in [2.45, 2.75) is 37.6 Å². The first-order chi connectivity index (χ1) is 16.2. The summed E-state index contributed by atoms with van der Waals surface area (Å²) >= 11 is 0. The summed E-state index contributed by atoms with van der Waals surface area (Å²) in [5.74, 6) is 1.26. The summed E-state index contributed by atoms with van der Waals surface area (Å²) in [6, 6.07) is 29.6. The first-order valence-corrected chi connectivity index (χ1v) is 12.0. The van der Waals surface area contributed by atoms with Gasteiger partial charge in [-0.15, -0.1) is 0 Å². The third-order valence-corrected chi connectivity index (χ3v) is 6.63. The summed E-state index contributed by atoms with van der Waals surface area (Å²) in [7, 11) is 1.65. The number of carbonyl (C=O) groups excluding carboxylic acids is 1. The average molecular weight is 443 g/mol. The van der Waals surface area contributed by atoms with Gasteiger partial charge in [-0.3, -0.25) is 4.79 Å². The molecule has 3 aromatic carbocycles. The number of para-hydroxylation sites is 1. The maximum atomic E-state index is 12.6. The Balaban J connectivity index is 1.27. The molecule has 0 atom stereocenters. The second-order valence-electron chi connectivity index (χ2n) is 8.83. The predicted octanol–water partition coefficient (Wildman–Crippen LogP) is 5.04. The second kappa shape index (κ2) is 11.7. The molecule has 3 aromatic rings. The van der Waals surface area contributed by atoms with Gasteiger partial charge in [0.25, 0.3) is 0 Å². The molecule has 33 heavy (non-hydrogen) atoms. The van der Waals surface area contributed by atoms with Crippen molar-refractivity contribution in [1.82, 2.24) is 10.2 Å². The van der Waals surface area contributed by atoms with Gasteiger partial charge in [0.1, 0.15) is 5.75 Å². The molecule has 1 N–H and O–H groups in total. The molecule has 0 unspecified atom stereocenters. The number of nitrogens with zero attached hydrogens (tertiary/aromatic N) is 1. The molecule has 0 saturated carbocycles. The van der Waals surface area contributed by atoms with Crippen LogP contribution in [0, 0.1) is 0 Å². The number of benzene rings is 3. The molecule has 0 aliphatic carbocycles. The van der Waals surface area contributed by atoms with Gasteiger partial charge in [0.15, 0.2) is 0 Å². The number of amides is 1. The van der Waals surface area contributed by atoms with Crippen LogP contribution in [0.4, 0.5) is 0 Å². The van der Waals surface area contributed by atoms with Crippen LogP contribution in [0.2, 0.25) is 0 Å². The lowest BCUT2D eigenvalue weighted by Gasteiger charge is -2.33. The minimum Gasteiger partial charge on any atom is -0.496 e. The van der Waals surface area contributed by atoms with Crippen molar-refractivity contribution < 1.29 is 9.53 Å². The molecule has 0 radical (unpaired) electrons. The molecular weight excluding hydrogens is 408 g/mol. The molecule has 4 nitrogen and oxygen atoms in total. The second-order valence-corrected chi connectivity index (χ2v) is 8.83. The Morgan fingerprint density at radius 2 is 1.48 bits per heavy atom. The van der Waals surface area contributed by atoms with Gasteiger partial charge in [0.2, 0.25) is 5.91 Å². The summed E-state index contributed by atoms with van der Waals surface area (Å²) in [6.45, 7) is 3.11. The molecule has 1 amide bonds. The lowest BCUT2D eigenvalue weighted by atomic mass is 9.88. The fourth-order valence-electron chi connectivity index (χ4n) is 4.81. The highest BCUT2D eigenvalue weighted by Gasteiger charge is 2.22. The zero-order valence-electron chi connectivity index (χ0n) is 19.5. The van der Waals surface area contributed by atoms with E-state index < -0.39 is 0 Å². The van der Waals surface area contributed by atoms with Crippen molar-refractivity contribution in [3.63, 3.8) is 0 Å². The number of carbonyl (C=O) groups is 1. The van der Waals surface area contributed by atoms with E-state index in [0.29, 0.717) is 12.3 Å². The maximum absolute atomic E-state index is 12.6. The van der Waals surface area contributed by atoms with Crippen LogP contribution < -0.4 is 10.1 Å². The Hall–Kier alpha value is -3.11. The van der Waals surface area contributed by atoms with Crippen molar-refractivity contribution in [1.29, 1.82) is 0 Å². The highest BCUT2D eigenvalue weighted by atomic mass is 16.5. The van der Waals surface area contributed by atoms with Gasteiger partial charge in [-0.2, -0.15) is 0 Å². The number of methoxy groups -OCH3 is 1.